The second kappa shape index (κ2) is 9.86. The molecule has 1 aromatic carbocycles. The van der Waals surface area contributed by atoms with Crippen molar-refractivity contribution in [3.05, 3.63) is 71.3 Å². The zero-order valence-corrected chi connectivity index (χ0v) is 18.3. The first-order valence-electron chi connectivity index (χ1n) is 10.1. The van der Waals surface area contributed by atoms with Crippen molar-refractivity contribution in [1.82, 2.24) is 14.3 Å². The van der Waals surface area contributed by atoms with E-state index < -0.39 is 10.0 Å². The fourth-order valence-electron chi connectivity index (χ4n) is 3.84. The lowest BCUT2D eigenvalue weighted by Crippen LogP contribution is -2.43. The van der Waals surface area contributed by atoms with Crippen molar-refractivity contribution in [3.8, 4) is 0 Å². The molecule has 0 saturated carbocycles. The van der Waals surface area contributed by atoms with Crippen molar-refractivity contribution in [2.24, 2.45) is 4.99 Å². The van der Waals surface area contributed by atoms with Gasteiger partial charge in [-0.1, -0.05) is 37.6 Å². The summed E-state index contributed by atoms with van der Waals surface area (Å²) in [5, 5.41) is 0. The maximum Gasteiger partial charge on any atom is 0.244 e. The van der Waals surface area contributed by atoms with Crippen LogP contribution in [0.1, 0.15) is 37.9 Å². The second-order valence-electron chi connectivity index (χ2n) is 7.29. The summed E-state index contributed by atoms with van der Waals surface area (Å²) in [6.45, 7) is 8.69. The van der Waals surface area contributed by atoms with Gasteiger partial charge >= 0.3 is 0 Å². The maximum absolute atomic E-state index is 13.5. The van der Waals surface area contributed by atoms with Crippen LogP contribution in [0.2, 0.25) is 0 Å². The van der Waals surface area contributed by atoms with E-state index in [9.17, 15) is 8.42 Å². The van der Waals surface area contributed by atoms with Crippen LogP contribution in [-0.4, -0.2) is 42.0 Å². The number of imidazole rings is 1. The third-order valence-electron chi connectivity index (χ3n) is 5.21. The summed E-state index contributed by atoms with van der Waals surface area (Å²) in [6.07, 6.45) is 9.88. The van der Waals surface area contributed by atoms with Crippen LogP contribution in [0.4, 0.5) is 5.69 Å². The Labute approximate surface area is 178 Å². The number of nitrogens with one attached hydrogen (secondary N) is 1. The van der Waals surface area contributed by atoms with Gasteiger partial charge in [0, 0.05) is 37.2 Å². The van der Waals surface area contributed by atoms with Crippen molar-refractivity contribution in [3.63, 3.8) is 0 Å². The van der Waals surface area contributed by atoms with E-state index in [1.54, 1.807) is 29.7 Å². The van der Waals surface area contributed by atoms with Gasteiger partial charge in [-0.2, -0.15) is 4.31 Å². The number of para-hydroxylation sites is 1. The number of fused-ring (bicyclic) bond motifs is 1. The van der Waals surface area contributed by atoms with E-state index in [2.05, 4.69) is 39.6 Å². The number of benzene rings is 1. The number of sulfonamides is 1. The third-order valence-corrected chi connectivity index (χ3v) is 7.00. The molecule has 1 unspecified atom stereocenters. The lowest BCUT2D eigenvalue weighted by Gasteiger charge is -2.33. The van der Waals surface area contributed by atoms with Crippen LogP contribution >= 0.6 is 0 Å². The summed E-state index contributed by atoms with van der Waals surface area (Å²) in [6, 6.07) is 8.04. The molecule has 0 spiro atoms. The van der Waals surface area contributed by atoms with Crippen LogP contribution in [-0.2, 0) is 23.1 Å². The molecule has 1 atom stereocenters. The maximum atomic E-state index is 13.5. The Balaban J connectivity index is 2.06. The summed E-state index contributed by atoms with van der Waals surface area (Å²) in [5.74, 6) is 0. The number of H-pyrrole nitrogens is 1. The largest absolute Gasteiger partial charge is 0.361 e. The number of nitrogens with zero attached hydrogens (tertiary/aromatic N) is 4. The zero-order chi connectivity index (χ0) is 21.6. The molecule has 0 amide bonds. The highest BCUT2D eigenvalue weighted by Gasteiger charge is 2.34. The Morgan fingerprint density at radius 2 is 2.20 bits per heavy atom. The molecular weight excluding hydrogens is 398 g/mol. The Kier molecular flexibility index (Phi) is 7.23. The van der Waals surface area contributed by atoms with Gasteiger partial charge in [-0.3, -0.25) is 4.99 Å². The molecule has 2 aromatic rings. The summed E-state index contributed by atoms with van der Waals surface area (Å²) < 4.78 is 28.5. The van der Waals surface area contributed by atoms with Crippen LogP contribution in [0.15, 0.2) is 65.0 Å². The molecule has 1 N–H and O–H groups in total. The number of hydrogen-bond acceptors (Lipinski definition) is 5. The van der Waals surface area contributed by atoms with E-state index in [1.165, 1.54) is 6.20 Å². The quantitative estimate of drug-likeness (QED) is 0.512. The fraction of sp³-hybridized carbons (Fsp3) is 0.364. The number of aromatic nitrogens is 2. The van der Waals surface area contributed by atoms with Crippen LogP contribution in [0, 0.1) is 0 Å². The van der Waals surface area contributed by atoms with E-state index in [0.29, 0.717) is 19.6 Å². The number of anilines is 1. The van der Waals surface area contributed by atoms with E-state index in [1.807, 2.05) is 24.4 Å². The van der Waals surface area contributed by atoms with Gasteiger partial charge in [0.1, 0.15) is 4.91 Å². The second-order valence-corrected chi connectivity index (χ2v) is 9.23. The number of aliphatic imine (C=N–C) groups is 1. The third kappa shape index (κ3) is 4.71. The van der Waals surface area contributed by atoms with Gasteiger partial charge < -0.3 is 9.88 Å². The molecule has 8 heteroatoms. The molecular formula is C22H29N5O2S. The standard InChI is InChI=1S/C22H29N5O2S/c1-4-8-20-16-26(30(28,29)21(9-5-2)13-23-3)14-18-10-6-7-11-22(18)27(20)15-19-12-24-17-25-19/h5-7,9-13,17,20H,3-4,8,14-16H2,1-2H3,(H,24,25)/b9-5-,21-13+. The highest BCUT2D eigenvalue weighted by molar-refractivity contribution is 7.93. The average Bonchev–Trinajstić information content (AvgIpc) is 3.19. The zero-order valence-electron chi connectivity index (χ0n) is 17.5. The Bertz CT molecular complexity index is 1010. The Morgan fingerprint density at radius 3 is 2.87 bits per heavy atom. The SMILES string of the molecule is C=N/C=C(\C=C/C)S(=O)(=O)N1Cc2ccccc2N(Cc2cnc[nH]2)C(CCC)C1. The number of aromatic amines is 1. The van der Waals surface area contributed by atoms with E-state index in [0.717, 1.165) is 29.8 Å². The minimum Gasteiger partial charge on any atom is -0.361 e. The van der Waals surface area contributed by atoms with Crippen molar-refractivity contribution in [2.45, 2.75) is 45.8 Å². The molecule has 0 radical (unpaired) electrons. The lowest BCUT2D eigenvalue weighted by molar-refractivity contribution is 0.372. The van der Waals surface area contributed by atoms with E-state index >= 15 is 0 Å². The van der Waals surface area contributed by atoms with Crippen molar-refractivity contribution in [1.29, 1.82) is 0 Å². The van der Waals surface area contributed by atoms with Crippen LogP contribution < -0.4 is 4.90 Å². The van der Waals surface area contributed by atoms with Gasteiger partial charge in [0.25, 0.3) is 0 Å². The molecule has 1 aliphatic heterocycles. The highest BCUT2D eigenvalue weighted by atomic mass is 32.2. The molecule has 1 aliphatic rings. The topological polar surface area (TPSA) is 81.7 Å². The summed E-state index contributed by atoms with van der Waals surface area (Å²) in [4.78, 5) is 13.5. The summed E-state index contributed by atoms with van der Waals surface area (Å²) >= 11 is 0. The molecule has 0 saturated heterocycles. The first-order valence-corrected chi connectivity index (χ1v) is 11.6. The predicted molar refractivity (Wildman–Crippen MR) is 122 cm³/mol. The van der Waals surface area contributed by atoms with Crippen molar-refractivity contribution in [2.75, 3.05) is 11.4 Å². The van der Waals surface area contributed by atoms with E-state index in [-0.39, 0.29) is 10.9 Å². The Hall–Kier alpha value is -2.71. The smallest absolute Gasteiger partial charge is 0.244 e. The van der Waals surface area contributed by atoms with Gasteiger partial charge in [0.15, 0.2) is 0 Å². The molecule has 30 heavy (non-hydrogen) atoms. The van der Waals surface area contributed by atoms with Gasteiger partial charge in [-0.15, -0.1) is 0 Å². The summed E-state index contributed by atoms with van der Waals surface area (Å²) in [5.41, 5.74) is 3.03. The molecule has 0 fully saturated rings. The van der Waals surface area contributed by atoms with Gasteiger partial charge in [0.05, 0.1) is 18.6 Å². The molecule has 160 valence electrons. The first kappa shape index (κ1) is 22.0. The molecule has 7 nitrogen and oxygen atoms in total. The van der Waals surface area contributed by atoms with Gasteiger partial charge in [-0.25, -0.2) is 13.4 Å². The molecule has 2 heterocycles. The van der Waals surface area contributed by atoms with Crippen LogP contribution in [0.3, 0.4) is 0 Å². The first-order chi connectivity index (χ1) is 14.5. The minimum atomic E-state index is -3.72. The molecule has 0 aliphatic carbocycles. The monoisotopic (exact) mass is 427 g/mol. The van der Waals surface area contributed by atoms with E-state index in [4.69, 9.17) is 0 Å². The normalized spacial score (nSPS) is 18.4. The fourth-order valence-corrected chi connectivity index (χ4v) is 5.33. The highest BCUT2D eigenvalue weighted by Crippen LogP contribution is 2.33. The lowest BCUT2D eigenvalue weighted by atomic mass is 10.1. The number of hydrogen-bond donors (Lipinski definition) is 1. The number of allylic oxidation sites excluding steroid dienone is 2. The molecule has 3 rings (SSSR count). The van der Waals surface area contributed by atoms with Crippen molar-refractivity contribution >= 4 is 22.4 Å². The molecule has 1 aromatic heterocycles. The summed E-state index contributed by atoms with van der Waals surface area (Å²) in [7, 11) is -3.72. The van der Waals surface area contributed by atoms with Crippen LogP contribution in [0.25, 0.3) is 0 Å². The average molecular weight is 428 g/mol. The minimum absolute atomic E-state index is 0.0280. The number of rotatable bonds is 8. The Morgan fingerprint density at radius 1 is 1.40 bits per heavy atom. The van der Waals surface area contributed by atoms with Crippen molar-refractivity contribution < 1.29 is 8.42 Å². The molecule has 0 bridgehead atoms. The van der Waals surface area contributed by atoms with Gasteiger partial charge in [0.2, 0.25) is 10.0 Å². The predicted octanol–water partition coefficient (Wildman–Crippen LogP) is 3.85. The van der Waals surface area contributed by atoms with Gasteiger partial charge in [-0.05, 0) is 37.8 Å². The van der Waals surface area contributed by atoms with Crippen LogP contribution in [0.5, 0.6) is 0 Å².